The third-order valence-corrected chi connectivity index (χ3v) is 3.96. The van der Waals surface area contributed by atoms with Crippen LogP contribution in [0, 0.1) is 13.8 Å². The molecule has 0 saturated carbocycles. The normalized spacial score (nSPS) is 12.6. The lowest BCUT2D eigenvalue weighted by Gasteiger charge is -2.13. The summed E-state index contributed by atoms with van der Waals surface area (Å²) in [4.78, 5) is 1.54. The van der Waals surface area contributed by atoms with Crippen LogP contribution in [0.3, 0.4) is 0 Å². The minimum Gasteiger partial charge on any atom is -0.334 e. The lowest BCUT2D eigenvalue weighted by molar-refractivity contribution is -0.893. The molecule has 1 heterocycles. The van der Waals surface area contributed by atoms with Crippen LogP contribution in [0.1, 0.15) is 36.5 Å². The van der Waals surface area contributed by atoms with Crippen molar-refractivity contribution in [2.24, 2.45) is 0 Å². The van der Waals surface area contributed by atoms with E-state index < -0.39 is 0 Å². The van der Waals surface area contributed by atoms with Crippen LogP contribution >= 0.6 is 0 Å². The van der Waals surface area contributed by atoms with Crippen LogP contribution in [-0.4, -0.2) is 23.8 Å². The summed E-state index contributed by atoms with van der Waals surface area (Å²) < 4.78 is 0. The van der Waals surface area contributed by atoms with E-state index in [0.29, 0.717) is 0 Å². The van der Waals surface area contributed by atoms with Gasteiger partial charge in [-0.1, -0.05) is 25.5 Å². The summed E-state index contributed by atoms with van der Waals surface area (Å²) in [6.07, 6.45) is 4.51. The molecule has 0 amide bonds. The van der Waals surface area contributed by atoms with Gasteiger partial charge >= 0.3 is 0 Å². The summed E-state index contributed by atoms with van der Waals surface area (Å²) >= 11 is 0. The van der Waals surface area contributed by atoms with Gasteiger partial charge in [-0.15, -0.1) is 0 Å². The number of hydrogen-bond donors (Lipinski definition) is 2. The van der Waals surface area contributed by atoms with Gasteiger partial charge in [0.15, 0.2) is 0 Å². The fraction of sp³-hybridized carbons (Fsp3) is 0.471. The van der Waals surface area contributed by atoms with Crippen molar-refractivity contribution in [1.29, 1.82) is 0 Å². The van der Waals surface area contributed by atoms with Crippen LogP contribution in [0.15, 0.2) is 24.4 Å². The minimum atomic E-state index is 1.03. The maximum atomic E-state index is 4.25. The van der Waals surface area contributed by atoms with Gasteiger partial charge in [-0.05, 0) is 37.5 Å². The average molecular weight is 272 g/mol. The van der Waals surface area contributed by atoms with Crippen LogP contribution < -0.4 is 4.90 Å². The van der Waals surface area contributed by atoms with E-state index in [1.807, 2.05) is 6.20 Å². The number of hydrogen-bond acceptors (Lipinski definition) is 1. The number of rotatable bonds is 6. The van der Waals surface area contributed by atoms with E-state index in [0.717, 1.165) is 6.54 Å². The SMILES string of the molecule is CCCC[NH+](C)Cc1cn[nH]c1-c1ccc(C)c(C)c1. The first-order chi connectivity index (χ1) is 9.61. The van der Waals surface area contributed by atoms with Crippen molar-refractivity contribution in [3.05, 3.63) is 41.1 Å². The van der Waals surface area contributed by atoms with Crippen molar-refractivity contribution in [3.8, 4) is 11.3 Å². The van der Waals surface area contributed by atoms with Gasteiger partial charge in [0.25, 0.3) is 0 Å². The fourth-order valence-electron chi connectivity index (χ4n) is 2.48. The predicted molar refractivity (Wildman–Crippen MR) is 83.9 cm³/mol. The molecule has 0 saturated heterocycles. The molecule has 3 nitrogen and oxygen atoms in total. The number of unbranched alkanes of at least 4 members (excludes halogenated alkanes) is 1. The maximum Gasteiger partial charge on any atom is 0.106 e. The van der Waals surface area contributed by atoms with Gasteiger partial charge in [0, 0.05) is 5.56 Å². The summed E-state index contributed by atoms with van der Waals surface area (Å²) in [5, 5.41) is 7.41. The van der Waals surface area contributed by atoms with E-state index in [1.165, 1.54) is 47.3 Å². The molecule has 0 fully saturated rings. The highest BCUT2D eigenvalue weighted by molar-refractivity contribution is 5.63. The van der Waals surface area contributed by atoms with Crippen molar-refractivity contribution in [3.63, 3.8) is 0 Å². The van der Waals surface area contributed by atoms with Gasteiger partial charge in [0.05, 0.1) is 31.0 Å². The molecule has 2 N–H and O–H groups in total. The molecule has 108 valence electrons. The zero-order valence-corrected chi connectivity index (χ0v) is 13.1. The summed E-state index contributed by atoms with van der Waals surface area (Å²) in [5.41, 5.74) is 6.38. The van der Waals surface area contributed by atoms with Gasteiger partial charge in [-0.25, -0.2) is 0 Å². The smallest absolute Gasteiger partial charge is 0.106 e. The molecule has 0 radical (unpaired) electrons. The Kier molecular flexibility index (Phi) is 4.96. The molecule has 1 unspecified atom stereocenters. The van der Waals surface area contributed by atoms with Gasteiger partial charge in [-0.2, -0.15) is 5.10 Å². The lowest BCUT2D eigenvalue weighted by Crippen LogP contribution is -3.07. The van der Waals surface area contributed by atoms with Crippen LogP contribution in [0.4, 0.5) is 0 Å². The second-order valence-electron chi connectivity index (χ2n) is 5.81. The molecule has 2 aromatic rings. The molecule has 0 bridgehead atoms. The Labute approximate surface area is 122 Å². The zero-order valence-electron chi connectivity index (χ0n) is 13.1. The molecule has 20 heavy (non-hydrogen) atoms. The van der Waals surface area contributed by atoms with Crippen LogP contribution in [0.25, 0.3) is 11.3 Å². The molecule has 1 aromatic heterocycles. The second kappa shape index (κ2) is 6.71. The molecular weight excluding hydrogens is 246 g/mol. The van der Waals surface area contributed by atoms with Crippen molar-refractivity contribution in [1.82, 2.24) is 10.2 Å². The van der Waals surface area contributed by atoms with Crippen molar-refractivity contribution in [2.45, 2.75) is 40.2 Å². The first-order valence-corrected chi connectivity index (χ1v) is 7.53. The number of quaternary nitrogens is 1. The van der Waals surface area contributed by atoms with Gasteiger partial charge < -0.3 is 4.90 Å². The standard InChI is InChI=1S/C17H25N3/c1-5-6-9-20(4)12-16-11-18-19-17(16)15-8-7-13(2)14(3)10-15/h7-8,10-11H,5-6,9,12H2,1-4H3,(H,18,19)/p+1. The first-order valence-electron chi connectivity index (χ1n) is 7.53. The Morgan fingerprint density at radius 3 is 2.70 bits per heavy atom. The number of H-pyrrole nitrogens is 1. The number of nitrogens with zero attached hydrogens (tertiary/aromatic N) is 1. The van der Waals surface area contributed by atoms with Crippen molar-refractivity contribution >= 4 is 0 Å². The predicted octanol–water partition coefficient (Wildman–Crippen LogP) is 2.51. The molecular formula is C17H26N3+. The molecule has 0 aliphatic carbocycles. The Bertz CT molecular complexity index is 557. The second-order valence-corrected chi connectivity index (χ2v) is 5.81. The number of benzene rings is 1. The highest BCUT2D eigenvalue weighted by Crippen LogP contribution is 2.23. The molecule has 0 spiro atoms. The Morgan fingerprint density at radius 1 is 1.20 bits per heavy atom. The van der Waals surface area contributed by atoms with E-state index in [1.54, 1.807) is 4.90 Å². The van der Waals surface area contributed by atoms with Gasteiger partial charge in [-0.3, -0.25) is 5.10 Å². The van der Waals surface area contributed by atoms with Crippen LogP contribution in [0.5, 0.6) is 0 Å². The van der Waals surface area contributed by atoms with E-state index in [4.69, 9.17) is 0 Å². The lowest BCUT2D eigenvalue weighted by atomic mass is 10.0. The summed E-state index contributed by atoms with van der Waals surface area (Å²) in [5.74, 6) is 0. The zero-order chi connectivity index (χ0) is 14.5. The van der Waals surface area contributed by atoms with E-state index in [9.17, 15) is 0 Å². The summed E-state index contributed by atoms with van der Waals surface area (Å²) in [6.45, 7) is 8.79. The number of aromatic amines is 1. The van der Waals surface area contributed by atoms with Gasteiger partial charge in [0.1, 0.15) is 6.54 Å². The third kappa shape index (κ3) is 3.48. The van der Waals surface area contributed by atoms with Gasteiger partial charge in [0.2, 0.25) is 0 Å². The first kappa shape index (κ1) is 14.8. The van der Waals surface area contributed by atoms with Crippen LogP contribution in [0.2, 0.25) is 0 Å². The monoisotopic (exact) mass is 272 g/mol. The Morgan fingerprint density at radius 2 is 2.00 bits per heavy atom. The van der Waals surface area contributed by atoms with Crippen molar-refractivity contribution in [2.75, 3.05) is 13.6 Å². The number of aromatic nitrogens is 2. The molecule has 1 atom stereocenters. The molecule has 0 aliphatic heterocycles. The van der Waals surface area contributed by atoms with Crippen molar-refractivity contribution < 1.29 is 4.90 Å². The Hall–Kier alpha value is -1.61. The number of nitrogens with one attached hydrogen (secondary N) is 2. The van der Waals surface area contributed by atoms with E-state index >= 15 is 0 Å². The maximum absolute atomic E-state index is 4.25. The molecule has 3 heteroatoms. The van der Waals surface area contributed by atoms with Crippen LogP contribution in [-0.2, 0) is 6.54 Å². The quantitative estimate of drug-likeness (QED) is 0.832. The topological polar surface area (TPSA) is 33.1 Å². The summed E-state index contributed by atoms with van der Waals surface area (Å²) in [6, 6.07) is 6.61. The average Bonchev–Trinajstić information content (AvgIpc) is 2.87. The third-order valence-electron chi connectivity index (χ3n) is 3.96. The van der Waals surface area contributed by atoms with E-state index in [2.05, 4.69) is 56.2 Å². The Balaban J connectivity index is 2.17. The number of aryl methyl sites for hydroxylation is 2. The molecule has 0 aliphatic rings. The summed E-state index contributed by atoms with van der Waals surface area (Å²) in [7, 11) is 2.26. The molecule has 1 aromatic carbocycles. The highest BCUT2D eigenvalue weighted by Gasteiger charge is 2.12. The largest absolute Gasteiger partial charge is 0.334 e. The molecule has 2 rings (SSSR count). The van der Waals surface area contributed by atoms with E-state index in [-0.39, 0.29) is 0 Å². The highest BCUT2D eigenvalue weighted by atomic mass is 15.1. The minimum absolute atomic E-state index is 1.03. The fourth-order valence-corrected chi connectivity index (χ4v) is 2.48.